The second-order valence-corrected chi connectivity index (χ2v) is 5.39. The van der Waals surface area contributed by atoms with Gasteiger partial charge in [-0.2, -0.15) is 0 Å². The fourth-order valence-electron chi connectivity index (χ4n) is 1.81. The first-order valence-corrected chi connectivity index (χ1v) is 6.84. The third-order valence-corrected chi connectivity index (χ3v) is 4.03. The first-order valence-electron chi connectivity index (χ1n) is 4.93. The van der Waals surface area contributed by atoms with Crippen LogP contribution in [0.3, 0.4) is 0 Å². The van der Waals surface area contributed by atoms with E-state index in [4.69, 9.17) is 0 Å². The highest BCUT2D eigenvalue weighted by atomic mass is 79.9. The topological polar surface area (TPSA) is 20.3 Å². The van der Waals surface area contributed by atoms with Crippen LogP contribution in [0.5, 0.6) is 0 Å². The molecule has 0 radical (unpaired) electrons. The van der Waals surface area contributed by atoms with Crippen LogP contribution in [0.4, 0.5) is 10.1 Å². The van der Waals surface area contributed by atoms with Crippen molar-refractivity contribution in [1.82, 2.24) is 0 Å². The molecule has 1 aromatic carbocycles. The van der Waals surface area contributed by atoms with Gasteiger partial charge in [-0.05, 0) is 24.1 Å². The zero-order valence-corrected chi connectivity index (χ0v) is 11.6. The summed E-state index contributed by atoms with van der Waals surface area (Å²) in [6.45, 7) is 0.581. The molecule has 1 fully saturated rings. The van der Waals surface area contributed by atoms with Crippen LogP contribution in [0.25, 0.3) is 0 Å². The Morgan fingerprint density at radius 1 is 1.50 bits per heavy atom. The van der Waals surface area contributed by atoms with Gasteiger partial charge in [0.15, 0.2) is 0 Å². The van der Waals surface area contributed by atoms with Gasteiger partial charge in [0.2, 0.25) is 5.91 Å². The van der Waals surface area contributed by atoms with E-state index in [1.54, 1.807) is 12.1 Å². The predicted molar refractivity (Wildman–Crippen MR) is 68.4 cm³/mol. The van der Waals surface area contributed by atoms with Gasteiger partial charge in [-0.15, -0.1) is 0 Å². The van der Waals surface area contributed by atoms with E-state index in [9.17, 15) is 9.18 Å². The zero-order valence-electron chi connectivity index (χ0n) is 8.42. The minimum Gasteiger partial charge on any atom is -0.309 e. The Morgan fingerprint density at radius 3 is 2.88 bits per heavy atom. The molecule has 1 aromatic rings. The Labute approximate surface area is 110 Å². The monoisotopic (exact) mass is 349 g/mol. The van der Waals surface area contributed by atoms with Crippen LogP contribution in [-0.4, -0.2) is 17.8 Å². The zero-order chi connectivity index (χ0) is 11.7. The number of carbonyl (C=O) groups excluding carboxylic acids is 1. The van der Waals surface area contributed by atoms with Crippen LogP contribution in [0.1, 0.15) is 6.42 Å². The van der Waals surface area contributed by atoms with Crippen molar-refractivity contribution >= 4 is 43.5 Å². The number of alkyl halides is 1. The number of hydrogen-bond acceptors (Lipinski definition) is 1. The third-order valence-electron chi connectivity index (χ3n) is 2.62. The molecule has 1 atom stereocenters. The Morgan fingerprint density at radius 2 is 2.25 bits per heavy atom. The summed E-state index contributed by atoms with van der Waals surface area (Å²) in [6, 6.07) is 4.64. The summed E-state index contributed by atoms with van der Waals surface area (Å²) in [4.78, 5) is 13.3. The van der Waals surface area contributed by atoms with Gasteiger partial charge in [0.25, 0.3) is 0 Å². The minimum absolute atomic E-state index is 0.0125. The summed E-state index contributed by atoms with van der Waals surface area (Å²) in [5.74, 6) is -0.0981. The van der Waals surface area contributed by atoms with E-state index >= 15 is 0 Å². The third kappa shape index (κ3) is 2.30. The SMILES string of the molecule is O=C1CC(CBr)CN1c1cc(Br)ccc1F. The Hall–Kier alpha value is -0.420. The highest BCUT2D eigenvalue weighted by Crippen LogP contribution is 2.30. The fraction of sp³-hybridized carbons (Fsp3) is 0.364. The van der Waals surface area contributed by atoms with Crippen LogP contribution >= 0.6 is 31.9 Å². The summed E-state index contributed by atoms with van der Waals surface area (Å²) in [5, 5.41) is 0.769. The predicted octanol–water partition coefficient (Wildman–Crippen LogP) is 3.34. The molecule has 1 aliphatic rings. The number of nitrogens with zero attached hydrogens (tertiary/aromatic N) is 1. The molecule has 0 spiro atoms. The molecule has 0 aromatic heterocycles. The maximum absolute atomic E-state index is 13.6. The largest absolute Gasteiger partial charge is 0.309 e. The molecule has 16 heavy (non-hydrogen) atoms. The summed E-state index contributed by atoms with van der Waals surface area (Å²) < 4.78 is 14.4. The number of carbonyl (C=O) groups is 1. The number of halogens is 3. The van der Waals surface area contributed by atoms with Crippen LogP contribution in [-0.2, 0) is 4.79 Å². The molecule has 0 bridgehead atoms. The van der Waals surface area contributed by atoms with Crippen molar-refractivity contribution in [3.05, 3.63) is 28.5 Å². The Balaban J connectivity index is 2.30. The smallest absolute Gasteiger partial charge is 0.227 e. The molecular formula is C11H10Br2FNO. The first-order chi connectivity index (χ1) is 7.61. The summed E-state index contributed by atoms with van der Waals surface area (Å²) >= 11 is 6.64. The normalized spacial score (nSPS) is 20.6. The molecule has 1 heterocycles. The Bertz CT molecular complexity index is 424. The maximum atomic E-state index is 13.6. The quantitative estimate of drug-likeness (QED) is 0.749. The van der Waals surface area contributed by atoms with Crippen molar-refractivity contribution < 1.29 is 9.18 Å². The van der Waals surface area contributed by atoms with E-state index in [1.165, 1.54) is 11.0 Å². The van der Waals surface area contributed by atoms with E-state index in [2.05, 4.69) is 31.9 Å². The van der Waals surface area contributed by atoms with Crippen molar-refractivity contribution in [2.75, 3.05) is 16.8 Å². The van der Waals surface area contributed by atoms with E-state index in [-0.39, 0.29) is 17.6 Å². The molecule has 0 N–H and O–H groups in total. The van der Waals surface area contributed by atoms with Gasteiger partial charge >= 0.3 is 0 Å². The number of amides is 1. The van der Waals surface area contributed by atoms with E-state index in [0.717, 1.165) is 9.80 Å². The fourth-order valence-corrected chi connectivity index (χ4v) is 2.59. The van der Waals surface area contributed by atoms with Crippen LogP contribution < -0.4 is 4.90 Å². The number of rotatable bonds is 2. The highest BCUT2D eigenvalue weighted by Gasteiger charge is 2.31. The van der Waals surface area contributed by atoms with Gasteiger partial charge in [0.05, 0.1) is 5.69 Å². The van der Waals surface area contributed by atoms with Crippen molar-refractivity contribution in [2.45, 2.75) is 6.42 Å². The van der Waals surface area contributed by atoms with Gasteiger partial charge in [0.1, 0.15) is 5.82 Å². The summed E-state index contributed by atoms with van der Waals surface area (Å²) in [5.41, 5.74) is 0.364. The molecule has 86 valence electrons. The summed E-state index contributed by atoms with van der Waals surface area (Å²) in [6.07, 6.45) is 0.483. The maximum Gasteiger partial charge on any atom is 0.227 e. The number of benzene rings is 1. The average molecular weight is 351 g/mol. The van der Waals surface area contributed by atoms with Crippen molar-refractivity contribution in [1.29, 1.82) is 0 Å². The lowest BCUT2D eigenvalue weighted by Crippen LogP contribution is -2.25. The molecule has 1 saturated heterocycles. The lowest BCUT2D eigenvalue weighted by molar-refractivity contribution is -0.117. The molecule has 1 aliphatic heterocycles. The number of hydrogen-bond donors (Lipinski definition) is 0. The molecule has 5 heteroatoms. The van der Waals surface area contributed by atoms with Gasteiger partial charge in [-0.1, -0.05) is 31.9 Å². The van der Waals surface area contributed by atoms with E-state index in [1.807, 2.05) is 0 Å². The lowest BCUT2D eigenvalue weighted by Gasteiger charge is -2.17. The van der Waals surface area contributed by atoms with Gasteiger partial charge < -0.3 is 4.90 Å². The second kappa shape index (κ2) is 4.84. The van der Waals surface area contributed by atoms with Crippen LogP contribution in [0.15, 0.2) is 22.7 Å². The van der Waals surface area contributed by atoms with Gasteiger partial charge in [-0.3, -0.25) is 4.79 Å². The van der Waals surface area contributed by atoms with Crippen LogP contribution in [0.2, 0.25) is 0 Å². The highest BCUT2D eigenvalue weighted by molar-refractivity contribution is 9.10. The van der Waals surface area contributed by atoms with Gasteiger partial charge in [0, 0.05) is 22.8 Å². The molecule has 1 amide bonds. The first kappa shape index (κ1) is 12.0. The molecule has 2 rings (SSSR count). The number of anilines is 1. The van der Waals surface area contributed by atoms with Crippen molar-refractivity contribution in [3.8, 4) is 0 Å². The van der Waals surface area contributed by atoms with E-state index < -0.39 is 0 Å². The molecule has 1 unspecified atom stereocenters. The second-order valence-electron chi connectivity index (χ2n) is 3.82. The molecule has 0 saturated carbocycles. The molecule has 2 nitrogen and oxygen atoms in total. The Kier molecular flexibility index (Phi) is 3.64. The standard InChI is InChI=1S/C11H10Br2FNO/c12-5-7-3-11(16)15(6-7)10-4-8(13)1-2-9(10)14/h1-2,4,7H,3,5-6H2. The van der Waals surface area contributed by atoms with E-state index in [0.29, 0.717) is 18.7 Å². The summed E-state index contributed by atoms with van der Waals surface area (Å²) in [7, 11) is 0. The molecule has 0 aliphatic carbocycles. The lowest BCUT2D eigenvalue weighted by atomic mass is 10.2. The van der Waals surface area contributed by atoms with Gasteiger partial charge in [-0.25, -0.2) is 4.39 Å². The van der Waals surface area contributed by atoms with Crippen molar-refractivity contribution in [3.63, 3.8) is 0 Å². The minimum atomic E-state index is -0.355. The van der Waals surface area contributed by atoms with Crippen LogP contribution in [0, 0.1) is 11.7 Å². The average Bonchev–Trinajstić information content (AvgIpc) is 2.63. The van der Waals surface area contributed by atoms with Crippen molar-refractivity contribution in [2.24, 2.45) is 5.92 Å². The molecular weight excluding hydrogens is 341 g/mol.